The minimum Gasteiger partial charge on any atom is -0.515 e. The standard InChI is InChI=1S/C9H6FNO2/c10-6-2-1-3-7-8(6)5(4-12)9(13)11-7/h1-4,12H,(H,11,13)/b5-4-. The van der Waals surface area contributed by atoms with Crippen molar-refractivity contribution in [2.75, 3.05) is 5.32 Å². The molecule has 66 valence electrons. The molecule has 2 rings (SSSR count). The molecule has 3 nitrogen and oxygen atoms in total. The Morgan fingerprint density at radius 2 is 2.23 bits per heavy atom. The van der Waals surface area contributed by atoms with Crippen LogP contribution in [0.2, 0.25) is 0 Å². The van der Waals surface area contributed by atoms with E-state index in [1.165, 1.54) is 12.1 Å². The molecule has 0 radical (unpaired) electrons. The maximum Gasteiger partial charge on any atom is 0.259 e. The van der Waals surface area contributed by atoms with Crippen LogP contribution in [0.5, 0.6) is 0 Å². The number of amides is 1. The van der Waals surface area contributed by atoms with Crippen molar-refractivity contribution in [1.82, 2.24) is 0 Å². The highest BCUT2D eigenvalue weighted by atomic mass is 19.1. The van der Waals surface area contributed by atoms with Crippen molar-refractivity contribution in [3.63, 3.8) is 0 Å². The monoisotopic (exact) mass is 179 g/mol. The van der Waals surface area contributed by atoms with E-state index in [0.29, 0.717) is 11.9 Å². The lowest BCUT2D eigenvalue weighted by molar-refractivity contribution is -0.110. The molecule has 1 amide bonds. The van der Waals surface area contributed by atoms with Crippen LogP contribution in [0, 0.1) is 5.82 Å². The molecule has 4 heteroatoms. The third-order valence-corrected chi connectivity index (χ3v) is 1.90. The molecule has 0 fully saturated rings. The molecule has 0 aliphatic carbocycles. The van der Waals surface area contributed by atoms with Crippen LogP contribution in [0.3, 0.4) is 0 Å². The van der Waals surface area contributed by atoms with Gasteiger partial charge in [0.2, 0.25) is 0 Å². The Morgan fingerprint density at radius 1 is 1.46 bits per heavy atom. The van der Waals surface area contributed by atoms with E-state index >= 15 is 0 Å². The molecular weight excluding hydrogens is 173 g/mol. The zero-order valence-electron chi connectivity index (χ0n) is 6.54. The summed E-state index contributed by atoms with van der Waals surface area (Å²) >= 11 is 0. The molecule has 0 unspecified atom stereocenters. The van der Waals surface area contributed by atoms with Crippen molar-refractivity contribution >= 4 is 17.2 Å². The number of anilines is 1. The molecular formula is C9H6FNO2. The van der Waals surface area contributed by atoms with Gasteiger partial charge in [0.1, 0.15) is 5.82 Å². The van der Waals surface area contributed by atoms with Crippen LogP contribution < -0.4 is 5.32 Å². The second-order valence-corrected chi connectivity index (χ2v) is 2.66. The lowest BCUT2D eigenvalue weighted by atomic mass is 10.1. The summed E-state index contributed by atoms with van der Waals surface area (Å²) in [7, 11) is 0. The van der Waals surface area contributed by atoms with Gasteiger partial charge in [-0.3, -0.25) is 4.79 Å². The van der Waals surface area contributed by atoms with Gasteiger partial charge in [-0.25, -0.2) is 4.39 Å². The van der Waals surface area contributed by atoms with Gasteiger partial charge in [0.15, 0.2) is 0 Å². The Kier molecular flexibility index (Phi) is 1.55. The number of fused-ring (bicyclic) bond motifs is 1. The lowest BCUT2D eigenvalue weighted by Crippen LogP contribution is -2.03. The number of halogens is 1. The van der Waals surface area contributed by atoms with E-state index in [-0.39, 0.29) is 11.1 Å². The molecule has 1 aromatic carbocycles. The number of rotatable bonds is 0. The highest BCUT2D eigenvalue weighted by Crippen LogP contribution is 2.32. The van der Waals surface area contributed by atoms with Crippen molar-refractivity contribution < 1.29 is 14.3 Å². The van der Waals surface area contributed by atoms with E-state index < -0.39 is 11.7 Å². The number of benzene rings is 1. The van der Waals surface area contributed by atoms with Gasteiger partial charge < -0.3 is 10.4 Å². The van der Waals surface area contributed by atoms with Gasteiger partial charge in [-0.1, -0.05) is 6.07 Å². The van der Waals surface area contributed by atoms with Crippen molar-refractivity contribution in [3.05, 3.63) is 35.8 Å². The number of carbonyl (C=O) groups is 1. The minimum absolute atomic E-state index is 0.0342. The van der Waals surface area contributed by atoms with Crippen LogP contribution in [0.15, 0.2) is 24.5 Å². The molecule has 13 heavy (non-hydrogen) atoms. The zero-order valence-corrected chi connectivity index (χ0v) is 6.54. The topological polar surface area (TPSA) is 49.3 Å². The number of nitrogens with one attached hydrogen (secondary N) is 1. The fraction of sp³-hybridized carbons (Fsp3) is 0. The maximum absolute atomic E-state index is 13.2. The summed E-state index contributed by atoms with van der Waals surface area (Å²) in [6, 6.07) is 4.31. The van der Waals surface area contributed by atoms with Crippen LogP contribution in [0.1, 0.15) is 5.56 Å². The van der Waals surface area contributed by atoms with Gasteiger partial charge in [-0.05, 0) is 12.1 Å². The molecule has 1 aromatic rings. The smallest absolute Gasteiger partial charge is 0.259 e. The summed E-state index contributed by atoms with van der Waals surface area (Å²) in [5.74, 6) is -1.00. The van der Waals surface area contributed by atoms with Crippen molar-refractivity contribution in [1.29, 1.82) is 0 Å². The van der Waals surface area contributed by atoms with E-state index in [9.17, 15) is 9.18 Å². The Labute approximate surface area is 73.5 Å². The van der Waals surface area contributed by atoms with E-state index in [1.54, 1.807) is 6.07 Å². The largest absolute Gasteiger partial charge is 0.515 e. The molecule has 0 saturated carbocycles. The molecule has 1 aliphatic heterocycles. The van der Waals surface area contributed by atoms with Crippen LogP contribution >= 0.6 is 0 Å². The Bertz CT molecular complexity index is 412. The quantitative estimate of drug-likeness (QED) is 0.470. The van der Waals surface area contributed by atoms with E-state index in [1.807, 2.05) is 0 Å². The van der Waals surface area contributed by atoms with Crippen LogP contribution in [-0.2, 0) is 4.79 Å². The predicted molar refractivity (Wildman–Crippen MR) is 45.6 cm³/mol. The average Bonchev–Trinajstić information content (AvgIpc) is 2.42. The fourth-order valence-corrected chi connectivity index (χ4v) is 1.33. The van der Waals surface area contributed by atoms with Gasteiger partial charge >= 0.3 is 0 Å². The van der Waals surface area contributed by atoms with E-state index in [2.05, 4.69) is 5.32 Å². The summed E-state index contributed by atoms with van der Waals surface area (Å²) < 4.78 is 13.2. The first-order valence-electron chi connectivity index (χ1n) is 3.68. The summed E-state index contributed by atoms with van der Waals surface area (Å²) in [5.41, 5.74) is 0.494. The number of carbonyl (C=O) groups excluding carboxylic acids is 1. The molecule has 2 N–H and O–H groups in total. The first-order chi connectivity index (χ1) is 6.24. The molecule has 1 heterocycles. The van der Waals surface area contributed by atoms with Crippen LogP contribution in [-0.4, -0.2) is 11.0 Å². The Hall–Kier alpha value is -1.84. The highest BCUT2D eigenvalue weighted by Gasteiger charge is 2.27. The number of hydrogen-bond donors (Lipinski definition) is 2. The first kappa shape index (κ1) is 7.79. The Balaban J connectivity index is 2.70. The normalized spacial score (nSPS) is 17.3. The van der Waals surface area contributed by atoms with Gasteiger partial charge in [-0.2, -0.15) is 0 Å². The molecule has 0 bridgehead atoms. The zero-order chi connectivity index (χ0) is 9.42. The second kappa shape index (κ2) is 2.58. The van der Waals surface area contributed by atoms with Crippen molar-refractivity contribution in [3.8, 4) is 0 Å². The number of aliphatic hydroxyl groups excluding tert-OH is 1. The SMILES string of the molecule is O=C1Nc2cccc(F)c2/C1=C/O. The number of aliphatic hydroxyl groups is 1. The average molecular weight is 179 g/mol. The molecule has 0 saturated heterocycles. The maximum atomic E-state index is 13.2. The third-order valence-electron chi connectivity index (χ3n) is 1.90. The van der Waals surface area contributed by atoms with Crippen LogP contribution in [0.25, 0.3) is 5.57 Å². The van der Waals surface area contributed by atoms with Gasteiger partial charge in [0, 0.05) is 5.56 Å². The van der Waals surface area contributed by atoms with E-state index in [0.717, 1.165) is 0 Å². The summed E-state index contributed by atoms with van der Waals surface area (Å²) in [6.45, 7) is 0. The summed E-state index contributed by atoms with van der Waals surface area (Å²) in [4.78, 5) is 11.1. The summed E-state index contributed by atoms with van der Waals surface area (Å²) in [5, 5.41) is 11.2. The molecule has 0 aromatic heterocycles. The second-order valence-electron chi connectivity index (χ2n) is 2.66. The van der Waals surface area contributed by atoms with Gasteiger partial charge in [-0.15, -0.1) is 0 Å². The minimum atomic E-state index is -0.517. The molecule has 0 atom stereocenters. The molecule has 0 spiro atoms. The van der Waals surface area contributed by atoms with Gasteiger partial charge in [0.05, 0.1) is 17.5 Å². The summed E-state index contributed by atoms with van der Waals surface area (Å²) in [6.07, 6.45) is 0.615. The van der Waals surface area contributed by atoms with E-state index in [4.69, 9.17) is 5.11 Å². The highest BCUT2D eigenvalue weighted by molar-refractivity contribution is 6.31. The third kappa shape index (κ3) is 0.989. The van der Waals surface area contributed by atoms with Crippen molar-refractivity contribution in [2.24, 2.45) is 0 Å². The Morgan fingerprint density at radius 3 is 2.92 bits per heavy atom. The predicted octanol–water partition coefficient (Wildman–Crippen LogP) is 1.68. The van der Waals surface area contributed by atoms with Crippen molar-refractivity contribution in [2.45, 2.75) is 0 Å². The molecule has 1 aliphatic rings. The lowest BCUT2D eigenvalue weighted by Gasteiger charge is -1.97. The van der Waals surface area contributed by atoms with Crippen LogP contribution in [0.4, 0.5) is 10.1 Å². The van der Waals surface area contributed by atoms with Gasteiger partial charge in [0.25, 0.3) is 5.91 Å². The number of hydrogen-bond acceptors (Lipinski definition) is 2. The fourth-order valence-electron chi connectivity index (χ4n) is 1.33. The first-order valence-corrected chi connectivity index (χ1v) is 3.68.